The van der Waals surface area contributed by atoms with Crippen LogP contribution in [0.15, 0.2) is 80.1 Å². The predicted molar refractivity (Wildman–Crippen MR) is 147 cm³/mol. The summed E-state index contributed by atoms with van der Waals surface area (Å²) in [6.45, 7) is 5.40. The number of furan rings is 1. The van der Waals surface area contributed by atoms with Crippen LogP contribution in [-0.4, -0.2) is 30.2 Å². The van der Waals surface area contributed by atoms with Crippen LogP contribution in [0.3, 0.4) is 0 Å². The molecule has 3 heterocycles. The average molecular weight is 561 g/mol. The van der Waals surface area contributed by atoms with Gasteiger partial charge < -0.3 is 13.9 Å². The van der Waals surface area contributed by atoms with Gasteiger partial charge in [0.25, 0.3) is 5.56 Å². The molecule has 40 heavy (non-hydrogen) atoms. The number of aromatic nitrogens is 1. The third-order valence-electron chi connectivity index (χ3n) is 6.52. The zero-order valence-corrected chi connectivity index (χ0v) is 23.0. The molecule has 4 aromatic rings. The second kappa shape index (κ2) is 10.9. The van der Waals surface area contributed by atoms with Gasteiger partial charge in [0.15, 0.2) is 4.80 Å². The molecule has 1 aliphatic rings. The molecule has 0 amide bonds. The number of hydrogen-bond acceptors (Lipinski definition) is 8. The first-order valence-electron chi connectivity index (χ1n) is 12.5. The summed E-state index contributed by atoms with van der Waals surface area (Å²) in [5, 5.41) is 0. The highest BCUT2D eigenvalue weighted by Crippen LogP contribution is 2.31. The van der Waals surface area contributed by atoms with Gasteiger partial charge in [-0.1, -0.05) is 29.5 Å². The van der Waals surface area contributed by atoms with Crippen LogP contribution in [0.2, 0.25) is 0 Å². The Hall–Kier alpha value is -4.57. The first-order valence-corrected chi connectivity index (χ1v) is 13.3. The van der Waals surface area contributed by atoms with Crippen molar-refractivity contribution in [1.29, 1.82) is 0 Å². The lowest BCUT2D eigenvalue weighted by Gasteiger charge is -2.24. The van der Waals surface area contributed by atoms with E-state index in [0.717, 1.165) is 22.5 Å². The lowest BCUT2D eigenvalue weighted by Crippen LogP contribution is -2.39. The number of nitrogens with zero attached hydrogens (tertiary/aromatic N) is 2. The molecule has 5 rings (SSSR count). The van der Waals surface area contributed by atoms with E-state index in [4.69, 9.17) is 13.9 Å². The Labute approximate surface area is 232 Å². The van der Waals surface area contributed by atoms with Crippen LogP contribution >= 0.6 is 11.3 Å². The number of carbonyl (C=O) groups is 2. The Kier molecular flexibility index (Phi) is 7.36. The number of halogens is 1. The number of allylic oxidation sites excluding steroid dienone is 1. The number of hydrogen-bond donors (Lipinski definition) is 0. The van der Waals surface area contributed by atoms with Gasteiger partial charge in [0.2, 0.25) is 0 Å². The number of ether oxygens (including phenoxy) is 2. The van der Waals surface area contributed by atoms with E-state index in [2.05, 4.69) is 4.99 Å². The molecule has 0 spiro atoms. The molecule has 8 nitrogen and oxygen atoms in total. The molecule has 0 radical (unpaired) electrons. The Morgan fingerprint density at radius 1 is 1.10 bits per heavy atom. The number of rotatable bonds is 6. The van der Waals surface area contributed by atoms with E-state index in [-0.39, 0.29) is 17.7 Å². The second-order valence-electron chi connectivity index (χ2n) is 9.08. The minimum absolute atomic E-state index is 0.155. The summed E-state index contributed by atoms with van der Waals surface area (Å²) in [6.07, 6.45) is 1.62. The molecule has 0 unspecified atom stereocenters. The molecule has 0 saturated heterocycles. The molecule has 10 heteroatoms. The molecule has 204 valence electrons. The summed E-state index contributed by atoms with van der Waals surface area (Å²) in [6, 6.07) is 13.5. The van der Waals surface area contributed by atoms with E-state index in [0.29, 0.717) is 37.7 Å². The van der Waals surface area contributed by atoms with Crippen molar-refractivity contribution < 1.29 is 27.9 Å². The molecule has 0 N–H and O–H groups in total. The number of carbonyl (C=O) groups excluding carboxylic acids is 2. The zero-order valence-electron chi connectivity index (χ0n) is 22.2. The molecule has 0 bridgehead atoms. The van der Waals surface area contributed by atoms with E-state index in [9.17, 15) is 18.8 Å². The van der Waals surface area contributed by atoms with Crippen molar-refractivity contribution in [2.45, 2.75) is 26.8 Å². The largest absolute Gasteiger partial charge is 0.465 e. The van der Waals surface area contributed by atoms with E-state index in [1.54, 1.807) is 62.4 Å². The summed E-state index contributed by atoms with van der Waals surface area (Å²) in [5.41, 5.74) is 2.88. The van der Waals surface area contributed by atoms with Gasteiger partial charge >= 0.3 is 11.9 Å². The first kappa shape index (κ1) is 27.0. The van der Waals surface area contributed by atoms with Crippen LogP contribution < -0.4 is 14.9 Å². The minimum atomic E-state index is -0.832. The van der Waals surface area contributed by atoms with Crippen molar-refractivity contribution in [3.63, 3.8) is 0 Å². The summed E-state index contributed by atoms with van der Waals surface area (Å²) in [4.78, 5) is 43.4. The number of aryl methyl sites for hydroxylation is 1. The van der Waals surface area contributed by atoms with Gasteiger partial charge in [-0.25, -0.2) is 19.0 Å². The SMILES string of the molecule is CCOC(=O)C1=C(C)N=c2s/c(=C/c3ccc(-c4ccc(C(=O)OC)cc4C)o3)c(=O)n2[C@H]1c1ccc(F)cc1. The van der Waals surface area contributed by atoms with Crippen molar-refractivity contribution in [3.05, 3.63) is 114 Å². The normalized spacial score (nSPS) is 15.0. The van der Waals surface area contributed by atoms with Gasteiger partial charge in [-0.15, -0.1) is 0 Å². The second-order valence-corrected chi connectivity index (χ2v) is 10.1. The average Bonchev–Trinajstić information content (AvgIpc) is 3.52. The maximum Gasteiger partial charge on any atom is 0.338 e. The highest BCUT2D eigenvalue weighted by atomic mass is 32.1. The quantitative estimate of drug-likeness (QED) is 0.326. The lowest BCUT2D eigenvalue weighted by atomic mass is 9.96. The highest BCUT2D eigenvalue weighted by molar-refractivity contribution is 7.07. The van der Waals surface area contributed by atoms with Gasteiger partial charge in [0.05, 0.1) is 41.1 Å². The lowest BCUT2D eigenvalue weighted by molar-refractivity contribution is -0.139. The molecule has 2 aromatic heterocycles. The van der Waals surface area contributed by atoms with Gasteiger partial charge in [-0.3, -0.25) is 9.36 Å². The molecular weight excluding hydrogens is 535 g/mol. The van der Waals surface area contributed by atoms with E-state index in [1.165, 1.54) is 23.8 Å². The highest BCUT2D eigenvalue weighted by Gasteiger charge is 2.33. The van der Waals surface area contributed by atoms with Gasteiger partial charge in [0, 0.05) is 11.6 Å². The summed E-state index contributed by atoms with van der Waals surface area (Å²) in [7, 11) is 1.33. The minimum Gasteiger partial charge on any atom is -0.465 e. The fraction of sp³-hybridized carbons (Fsp3) is 0.200. The molecule has 1 atom stereocenters. The number of esters is 2. The number of thiazole rings is 1. The molecule has 0 aliphatic carbocycles. The molecule has 2 aromatic carbocycles. The van der Waals surface area contributed by atoms with E-state index in [1.807, 2.05) is 6.92 Å². The summed E-state index contributed by atoms with van der Waals surface area (Å²) in [5.74, 6) is -0.436. The third-order valence-corrected chi connectivity index (χ3v) is 7.50. The van der Waals surface area contributed by atoms with Crippen LogP contribution in [0, 0.1) is 12.7 Å². The van der Waals surface area contributed by atoms with E-state index >= 15 is 0 Å². The monoisotopic (exact) mass is 560 g/mol. The Balaban J connectivity index is 1.58. The summed E-state index contributed by atoms with van der Waals surface area (Å²) >= 11 is 1.16. The maximum absolute atomic E-state index is 13.7. The van der Waals surface area contributed by atoms with Crippen LogP contribution in [-0.2, 0) is 14.3 Å². The number of fused-ring (bicyclic) bond motifs is 1. The Bertz CT molecular complexity index is 1850. The molecule has 0 saturated carbocycles. The van der Waals surface area contributed by atoms with Crippen molar-refractivity contribution in [1.82, 2.24) is 4.57 Å². The predicted octanol–water partition coefficient (Wildman–Crippen LogP) is 4.29. The van der Waals surface area contributed by atoms with Crippen LogP contribution in [0.25, 0.3) is 17.4 Å². The number of methoxy groups -OCH3 is 1. The van der Waals surface area contributed by atoms with Crippen LogP contribution in [0.5, 0.6) is 0 Å². The summed E-state index contributed by atoms with van der Waals surface area (Å²) < 4.78 is 31.6. The maximum atomic E-state index is 13.7. The van der Waals surface area contributed by atoms with E-state index < -0.39 is 23.8 Å². The van der Waals surface area contributed by atoms with Crippen molar-refractivity contribution in [2.75, 3.05) is 13.7 Å². The fourth-order valence-corrected chi connectivity index (χ4v) is 5.67. The number of benzene rings is 2. The smallest absolute Gasteiger partial charge is 0.338 e. The first-order chi connectivity index (χ1) is 19.2. The third kappa shape index (κ3) is 4.93. The Morgan fingerprint density at radius 2 is 1.85 bits per heavy atom. The topological polar surface area (TPSA) is 100 Å². The van der Waals surface area contributed by atoms with Gasteiger partial charge in [-0.05, 0) is 68.3 Å². The molecular formula is C30H25FN2O6S. The zero-order chi connectivity index (χ0) is 28.6. The van der Waals surface area contributed by atoms with Crippen molar-refractivity contribution in [2.24, 2.45) is 4.99 Å². The van der Waals surface area contributed by atoms with Crippen LogP contribution in [0.1, 0.15) is 47.1 Å². The molecule has 1 aliphatic heterocycles. The van der Waals surface area contributed by atoms with Gasteiger partial charge in [-0.2, -0.15) is 0 Å². The standard InChI is InChI=1S/C30H25FN2O6S/c1-5-38-29(36)25-17(3)32-30-33(26(25)18-6-9-20(31)10-7-18)27(34)24(40-30)15-21-11-13-23(39-21)22-12-8-19(14-16(22)2)28(35)37-4/h6-15,26H,5H2,1-4H3/b24-15+/t26-/m0/s1. The molecule has 0 fully saturated rings. The van der Waals surface area contributed by atoms with Crippen LogP contribution in [0.4, 0.5) is 4.39 Å². The van der Waals surface area contributed by atoms with Crippen molar-refractivity contribution >= 4 is 29.4 Å². The van der Waals surface area contributed by atoms with Crippen molar-refractivity contribution in [3.8, 4) is 11.3 Å². The van der Waals surface area contributed by atoms with Gasteiger partial charge in [0.1, 0.15) is 17.3 Å². The fourth-order valence-electron chi connectivity index (χ4n) is 4.64. The Morgan fingerprint density at radius 3 is 2.52 bits per heavy atom.